The van der Waals surface area contributed by atoms with Crippen molar-refractivity contribution in [1.82, 2.24) is 10.6 Å². The van der Waals surface area contributed by atoms with Crippen molar-refractivity contribution in [2.45, 2.75) is 6.54 Å². The van der Waals surface area contributed by atoms with Gasteiger partial charge in [-0.05, 0) is 17.7 Å². The third-order valence-electron chi connectivity index (χ3n) is 1.69. The number of rotatable bonds is 3. The van der Waals surface area contributed by atoms with Crippen LogP contribution in [0.2, 0.25) is 0 Å². The van der Waals surface area contributed by atoms with Crippen molar-refractivity contribution in [3.8, 4) is 6.07 Å². The summed E-state index contributed by atoms with van der Waals surface area (Å²) < 4.78 is 1.00. The van der Waals surface area contributed by atoms with Gasteiger partial charge in [-0.1, -0.05) is 28.1 Å². The van der Waals surface area contributed by atoms with Crippen molar-refractivity contribution in [3.05, 3.63) is 34.3 Å². The molecule has 4 nitrogen and oxygen atoms in total. The first-order chi connectivity index (χ1) is 7.22. The highest BCUT2D eigenvalue weighted by Gasteiger charge is 1.98. The molecular weight excluding hydrogens is 258 g/mol. The second kappa shape index (κ2) is 6.04. The zero-order valence-electron chi connectivity index (χ0n) is 7.96. The van der Waals surface area contributed by atoms with Crippen LogP contribution in [0.15, 0.2) is 28.7 Å². The van der Waals surface area contributed by atoms with E-state index in [2.05, 4.69) is 26.6 Å². The molecule has 0 aliphatic carbocycles. The van der Waals surface area contributed by atoms with Crippen LogP contribution >= 0.6 is 15.9 Å². The summed E-state index contributed by atoms with van der Waals surface area (Å²) in [5, 5.41) is 13.3. The van der Waals surface area contributed by atoms with Gasteiger partial charge in [-0.2, -0.15) is 5.26 Å². The summed E-state index contributed by atoms with van der Waals surface area (Å²) in [5.74, 6) is 0. The number of carbonyl (C=O) groups excluding carboxylic acids is 1. The van der Waals surface area contributed by atoms with Crippen LogP contribution in [-0.2, 0) is 6.54 Å². The van der Waals surface area contributed by atoms with E-state index in [9.17, 15) is 4.79 Å². The molecule has 2 amide bonds. The van der Waals surface area contributed by atoms with Gasteiger partial charge in [-0.3, -0.25) is 0 Å². The summed E-state index contributed by atoms with van der Waals surface area (Å²) in [4.78, 5) is 11.1. The molecule has 0 aliphatic rings. The van der Waals surface area contributed by atoms with Gasteiger partial charge in [-0.25, -0.2) is 4.79 Å². The maximum atomic E-state index is 11.1. The van der Waals surface area contributed by atoms with Gasteiger partial charge in [-0.15, -0.1) is 0 Å². The molecule has 1 aromatic carbocycles. The fourth-order valence-corrected chi connectivity index (χ4v) is 1.23. The van der Waals surface area contributed by atoms with Crippen LogP contribution in [-0.4, -0.2) is 12.6 Å². The van der Waals surface area contributed by atoms with Crippen molar-refractivity contribution in [3.63, 3.8) is 0 Å². The van der Waals surface area contributed by atoms with E-state index < -0.39 is 0 Å². The van der Waals surface area contributed by atoms with E-state index in [1.165, 1.54) is 0 Å². The van der Waals surface area contributed by atoms with Crippen LogP contribution in [0.4, 0.5) is 4.79 Å². The Hall–Kier alpha value is -1.54. The van der Waals surface area contributed by atoms with Crippen LogP contribution in [0.1, 0.15) is 5.56 Å². The quantitative estimate of drug-likeness (QED) is 0.820. The molecule has 0 saturated carbocycles. The van der Waals surface area contributed by atoms with Gasteiger partial charge >= 0.3 is 6.03 Å². The van der Waals surface area contributed by atoms with E-state index in [1.54, 1.807) is 0 Å². The van der Waals surface area contributed by atoms with Gasteiger partial charge in [0.25, 0.3) is 0 Å². The lowest BCUT2D eigenvalue weighted by Gasteiger charge is -2.04. The highest BCUT2D eigenvalue weighted by Crippen LogP contribution is 2.09. The van der Waals surface area contributed by atoms with Crippen molar-refractivity contribution >= 4 is 22.0 Å². The Morgan fingerprint density at radius 1 is 1.33 bits per heavy atom. The molecule has 1 rings (SSSR count). The molecule has 0 saturated heterocycles. The number of benzene rings is 1. The summed E-state index contributed by atoms with van der Waals surface area (Å²) >= 11 is 3.32. The largest absolute Gasteiger partial charge is 0.334 e. The summed E-state index contributed by atoms with van der Waals surface area (Å²) in [6, 6.07) is 9.13. The molecule has 0 heterocycles. The number of nitrogens with one attached hydrogen (secondary N) is 2. The Bertz CT molecular complexity index is 369. The van der Waals surface area contributed by atoms with Crippen molar-refractivity contribution in [2.75, 3.05) is 6.54 Å². The molecule has 0 aliphatic heterocycles. The van der Waals surface area contributed by atoms with Crippen LogP contribution < -0.4 is 10.6 Å². The SMILES string of the molecule is N#CCNC(=O)NCc1ccc(Br)cc1. The summed E-state index contributed by atoms with van der Waals surface area (Å²) in [6.45, 7) is 0.469. The lowest BCUT2D eigenvalue weighted by molar-refractivity contribution is 0.241. The Labute approximate surface area is 96.4 Å². The first-order valence-corrected chi connectivity index (χ1v) is 5.15. The maximum absolute atomic E-state index is 11.1. The van der Waals surface area contributed by atoms with Gasteiger partial charge < -0.3 is 10.6 Å². The van der Waals surface area contributed by atoms with Gasteiger partial charge in [0, 0.05) is 11.0 Å². The van der Waals surface area contributed by atoms with E-state index in [1.807, 2.05) is 30.3 Å². The standard InChI is InChI=1S/C10H10BrN3O/c11-9-3-1-8(2-4-9)7-14-10(15)13-6-5-12/h1-4H,6-7H2,(H2,13,14,15). The second-order valence-electron chi connectivity index (χ2n) is 2.82. The minimum atomic E-state index is -0.334. The minimum Gasteiger partial charge on any atom is -0.334 e. The Balaban J connectivity index is 2.34. The fourth-order valence-electron chi connectivity index (χ4n) is 0.967. The Morgan fingerprint density at radius 2 is 2.00 bits per heavy atom. The zero-order chi connectivity index (χ0) is 11.1. The molecule has 2 N–H and O–H groups in total. The molecule has 0 bridgehead atoms. The third-order valence-corrected chi connectivity index (χ3v) is 2.22. The molecule has 1 aromatic rings. The molecule has 0 unspecified atom stereocenters. The first kappa shape index (κ1) is 11.5. The molecular formula is C10H10BrN3O. The van der Waals surface area contributed by atoms with Crippen molar-refractivity contribution < 1.29 is 4.79 Å². The summed E-state index contributed by atoms with van der Waals surface area (Å²) in [5.41, 5.74) is 1.00. The van der Waals surface area contributed by atoms with Gasteiger partial charge in [0.05, 0.1) is 6.07 Å². The number of nitriles is 1. The zero-order valence-corrected chi connectivity index (χ0v) is 9.54. The molecule has 0 radical (unpaired) electrons. The topological polar surface area (TPSA) is 64.9 Å². The number of hydrogen-bond acceptors (Lipinski definition) is 2. The number of hydrogen-bond donors (Lipinski definition) is 2. The molecule has 0 fully saturated rings. The second-order valence-corrected chi connectivity index (χ2v) is 3.74. The maximum Gasteiger partial charge on any atom is 0.315 e. The first-order valence-electron chi connectivity index (χ1n) is 4.35. The molecule has 78 valence electrons. The predicted octanol–water partition coefficient (Wildman–Crippen LogP) is 1.77. The number of nitrogens with zero attached hydrogens (tertiary/aromatic N) is 1. The third kappa shape index (κ3) is 4.47. The van der Waals surface area contributed by atoms with E-state index in [0.717, 1.165) is 10.0 Å². The van der Waals surface area contributed by atoms with Crippen LogP contribution in [0.25, 0.3) is 0 Å². The molecule has 15 heavy (non-hydrogen) atoms. The van der Waals surface area contributed by atoms with Crippen molar-refractivity contribution in [1.29, 1.82) is 5.26 Å². The van der Waals surface area contributed by atoms with E-state index in [4.69, 9.17) is 5.26 Å². The molecule has 5 heteroatoms. The lowest BCUT2D eigenvalue weighted by atomic mass is 10.2. The van der Waals surface area contributed by atoms with Gasteiger partial charge in [0.1, 0.15) is 6.54 Å². The fraction of sp³-hybridized carbons (Fsp3) is 0.200. The number of halogens is 1. The smallest absolute Gasteiger partial charge is 0.315 e. The van der Waals surface area contributed by atoms with E-state index in [-0.39, 0.29) is 12.6 Å². The van der Waals surface area contributed by atoms with Gasteiger partial charge in [0.15, 0.2) is 0 Å². The normalized spacial score (nSPS) is 9.07. The highest BCUT2D eigenvalue weighted by atomic mass is 79.9. The van der Waals surface area contributed by atoms with Crippen LogP contribution in [0.3, 0.4) is 0 Å². The number of urea groups is 1. The monoisotopic (exact) mass is 267 g/mol. The Morgan fingerprint density at radius 3 is 2.60 bits per heavy atom. The number of amides is 2. The van der Waals surface area contributed by atoms with E-state index in [0.29, 0.717) is 6.54 Å². The Kier molecular flexibility index (Phi) is 4.64. The lowest BCUT2D eigenvalue weighted by Crippen LogP contribution is -2.35. The number of carbonyl (C=O) groups is 1. The van der Waals surface area contributed by atoms with Crippen LogP contribution in [0, 0.1) is 11.3 Å². The average molecular weight is 268 g/mol. The summed E-state index contributed by atoms with van der Waals surface area (Å²) in [6.07, 6.45) is 0. The van der Waals surface area contributed by atoms with Gasteiger partial charge in [0.2, 0.25) is 0 Å². The molecule has 0 spiro atoms. The highest BCUT2D eigenvalue weighted by molar-refractivity contribution is 9.10. The van der Waals surface area contributed by atoms with E-state index >= 15 is 0 Å². The molecule has 0 atom stereocenters. The van der Waals surface area contributed by atoms with Crippen LogP contribution in [0.5, 0.6) is 0 Å². The van der Waals surface area contributed by atoms with Crippen molar-refractivity contribution in [2.24, 2.45) is 0 Å². The predicted molar refractivity (Wildman–Crippen MR) is 60.0 cm³/mol. The minimum absolute atomic E-state index is 0.0200. The molecule has 0 aromatic heterocycles. The average Bonchev–Trinajstić information content (AvgIpc) is 2.25. The summed E-state index contributed by atoms with van der Waals surface area (Å²) in [7, 11) is 0.